The van der Waals surface area contributed by atoms with Gasteiger partial charge in [-0.05, 0) is 18.6 Å². The van der Waals surface area contributed by atoms with Crippen molar-refractivity contribution in [2.75, 3.05) is 7.05 Å². The van der Waals surface area contributed by atoms with E-state index >= 15 is 0 Å². The van der Waals surface area contributed by atoms with E-state index in [1.807, 2.05) is 30.3 Å². The summed E-state index contributed by atoms with van der Waals surface area (Å²) in [5.74, 6) is -1.59. The fraction of sp³-hybridized carbons (Fsp3) is 0.200. The predicted molar refractivity (Wildman–Crippen MR) is 101 cm³/mol. The van der Waals surface area contributed by atoms with Gasteiger partial charge in [0, 0.05) is 19.0 Å². The maximum Gasteiger partial charge on any atom is 0.357 e. The average Bonchev–Trinajstić information content (AvgIpc) is 2.68. The third-order valence-electron chi connectivity index (χ3n) is 4.39. The van der Waals surface area contributed by atoms with Crippen molar-refractivity contribution in [3.8, 4) is 0 Å². The molecule has 0 fully saturated rings. The highest BCUT2D eigenvalue weighted by molar-refractivity contribution is 6.01. The Hall–Kier alpha value is -3.48. The summed E-state index contributed by atoms with van der Waals surface area (Å²) in [6.45, 7) is 1.91. The topological polar surface area (TPSA) is 92.5 Å². The molecule has 0 saturated heterocycles. The summed E-state index contributed by atoms with van der Waals surface area (Å²) >= 11 is 0. The zero-order valence-electron chi connectivity index (χ0n) is 15.0. The standard InChI is InChI=1S/C20H19N3O4/c1-13(18(24)22(2)12-14-8-4-3-5-9-14)23-19(25)16-11-7-6-10-15(16)17(21-23)20(26)27/h3-11,13H,12H2,1-2H3,(H,26,27)/t13-/m0/s1. The van der Waals surface area contributed by atoms with Crippen LogP contribution in [0.15, 0.2) is 59.4 Å². The number of aromatic nitrogens is 2. The van der Waals surface area contributed by atoms with Gasteiger partial charge in [0.05, 0.1) is 5.39 Å². The molecule has 1 amide bonds. The highest BCUT2D eigenvalue weighted by atomic mass is 16.4. The molecule has 1 atom stereocenters. The Kier molecular flexibility index (Phi) is 5.03. The minimum absolute atomic E-state index is 0.218. The normalized spacial score (nSPS) is 11.9. The van der Waals surface area contributed by atoms with Crippen LogP contribution in [0.5, 0.6) is 0 Å². The highest BCUT2D eigenvalue weighted by Crippen LogP contribution is 2.16. The molecule has 0 unspecified atom stereocenters. The lowest BCUT2D eigenvalue weighted by Crippen LogP contribution is -2.38. The quantitative estimate of drug-likeness (QED) is 0.749. The number of nitrogens with zero attached hydrogens (tertiary/aromatic N) is 3. The first-order chi connectivity index (χ1) is 12.9. The molecule has 1 aromatic heterocycles. The highest BCUT2D eigenvalue weighted by Gasteiger charge is 2.24. The Bertz CT molecular complexity index is 1060. The molecule has 0 spiro atoms. The maximum atomic E-state index is 12.8. The van der Waals surface area contributed by atoms with E-state index < -0.39 is 17.6 Å². The summed E-state index contributed by atoms with van der Waals surface area (Å²) in [6, 6.07) is 14.9. The van der Waals surface area contributed by atoms with E-state index in [2.05, 4.69) is 5.10 Å². The molecule has 7 heteroatoms. The molecule has 1 N–H and O–H groups in total. The van der Waals surface area contributed by atoms with Gasteiger partial charge in [0.1, 0.15) is 6.04 Å². The smallest absolute Gasteiger partial charge is 0.357 e. The first-order valence-corrected chi connectivity index (χ1v) is 8.44. The van der Waals surface area contributed by atoms with Crippen LogP contribution >= 0.6 is 0 Å². The second-order valence-electron chi connectivity index (χ2n) is 6.30. The molecule has 27 heavy (non-hydrogen) atoms. The lowest BCUT2D eigenvalue weighted by atomic mass is 10.1. The molecular formula is C20H19N3O4. The number of hydrogen-bond acceptors (Lipinski definition) is 4. The molecule has 0 aliphatic rings. The van der Waals surface area contributed by atoms with Crippen molar-refractivity contribution in [2.45, 2.75) is 19.5 Å². The van der Waals surface area contributed by atoms with Crippen molar-refractivity contribution in [3.63, 3.8) is 0 Å². The molecule has 0 radical (unpaired) electrons. The molecule has 2 aromatic carbocycles. The van der Waals surface area contributed by atoms with Crippen molar-refractivity contribution in [1.82, 2.24) is 14.7 Å². The summed E-state index contributed by atoms with van der Waals surface area (Å²) in [5.41, 5.74) is 0.200. The van der Waals surface area contributed by atoms with E-state index in [1.165, 1.54) is 17.0 Å². The van der Waals surface area contributed by atoms with Crippen molar-refractivity contribution >= 4 is 22.6 Å². The van der Waals surface area contributed by atoms with Gasteiger partial charge in [-0.15, -0.1) is 0 Å². The maximum absolute atomic E-state index is 12.8. The number of carbonyl (C=O) groups is 2. The minimum atomic E-state index is -1.25. The molecule has 0 saturated carbocycles. The van der Waals surface area contributed by atoms with Crippen LogP contribution in [-0.4, -0.2) is 38.7 Å². The fourth-order valence-electron chi connectivity index (χ4n) is 2.99. The summed E-state index contributed by atoms with van der Waals surface area (Å²) in [7, 11) is 1.63. The molecule has 3 rings (SSSR count). The first kappa shape index (κ1) is 18.3. The first-order valence-electron chi connectivity index (χ1n) is 8.44. The van der Waals surface area contributed by atoms with Gasteiger partial charge in [-0.25, -0.2) is 9.48 Å². The van der Waals surface area contributed by atoms with Crippen LogP contribution < -0.4 is 5.56 Å². The average molecular weight is 365 g/mol. The van der Waals surface area contributed by atoms with E-state index in [4.69, 9.17) is 0 Å². The lowest BCUT2D eigenvalue weighted by molar-refractivity contribution is -0.133. The van der Waals surface area contributed by atoms with Gasteiger partial charge < -0.3 is 10.0 Å². The zero-order chi connectivity index (χ0) is 19.6. The number of carboxylic acid groups (broad SMARTS) is 1. The minimum Gasteiger partial charge on any atom is -0.476 e. The number of likely N-dealkylation sites (N-methyl/N-ethyl adjacent to an activating group) is 1. The third-order valence-corrected chi connectivity index (χ3v) is 4.39. The van der Waals surface area contributed by atoms with Crippen LogP contribution in [0.2, 0.25) is 0 Å². The number of benzene rings is 2. The fourth-order valence-corrected chi connectivity index (χ4v) is 2.99. The van der Waals surface area contributed by atoms with E-state index in [1.54, 1.807) is 26.1 Å². The van der Waals surface area contributed by atoms with E-state index in [0.717, 1.165) is 10.2 Å². The number of fused-ring (bicyclic) bond motifs is 1. The van der Waals surface area contributed by atoms with E-state index in [-0.39, 0.29) is 22.4 Å². The van der Waals surface area contributed by atoms with Gasteiger partial charge in [0.25, 0.3) is 5.56 Å². The molecular weight excluding hydrogens is 346 g/mol. The number of carboxylic acids is 1. The second kappa shape index (κ2) is 7.41. The van der Waals surface area contributed by atoms with Gasteiger partial charge in [0.2, 0.25) is 5.91 Å². The molecule has 7 nitrogen and oxygen atoms in total. The van der Waals surface area contributed by atoms with Crippen molar-refractivity contribution in [1.29, 1.82) is 0 Å². The molecule has 138 valence electrons. The zero-order valence-corrected chi connectivity index (χ0v) is 15.0. The Morgan fingerprint density at radius 1 is 1.07 bits per heavy atom. The molecule has 3 aromatic rings. The van der Waals surface area contributed by atoms with Crippen molar-refractivity contribution < 1.29 is 14.7 Å². The Morgan fingerprint density at radius 2 is 1.67 bits per heavy atom. The number of aromatic carboxylic acids is 1. The molecule has 1 heterocycles. The number of hydrogen-bond donors (Lipinski definition) is 1. The van der Waals surface area contributed by atoms with E-state index in [9.17, 15) is 19.5 Å². The lowest BCUT2D eigenvalue weighted by Gasteiger charge is -2.22. The van der Waals surface area contributed by atoms with Crippen molar-refractivity contribution in [3.05, 3.63) is 76.2 Å². The van der Waals surface area contributed by atoms with Gasteiger partial charge in [-0.3, -0.25) is 9.59 Å². The van der Waals surface area contributed by atoms with Crippen molar-refractivity contribution in [2.24, 2.45) is 0 Å². The summed E-state index contributed by atoms with van der Waals surface area (Å²) < 4.78 is 0.954. The Balaban J connectivity index is 1.98. The summed E-state index contributed by atoms with van der Waals surface area (Å²) in [5, 5.41) is 13.9. The monoisotopic (exact) mass is 365 g/mol. The molecule has 0 bridgehead atoms. The van der Waals surface area contributed by atoms with E-state index in [0.29, 0.717) is 6.54 Å². The van der Waals surface area contributed by atoms with Crippen LogP contribution in [0.4, 0.5) is 0 Å². The van der Waals surface area contributed by atoms with Crippen LogP contribution in [-0.2, 0) is 11.3 Å². The van der Waals surface area contributed by atoms with Gasteiger partial charge in [0.15, 0.2) is 5.69 Å². The Morgan fingerprint density at radius 3 is 2.30 bits per heavy atom. The second-order valence-corrected chi connectivity index (χ2v) is 6.30. The van der Waals surface area contributed by atoms with Gasteiger partial charge >= 0.3 is 5.97 Å². The van der Waals surface area contributed by atoms with Crippen LogP contribution in [0.1, 0.15) is 29.0 Å². The number of amides is 1. The number of rotatable bonds is 5. The van der Waals surface area contributed by atoms with Crippen LogP contribution in [0.25, 0.3) is 10.8 Å². The third kappa shape index (κ3) is 3.57. The van der Waals surface area contributed by atoms with Gasteiger partial charge in [-0.1, -0.05) is 48.5 Å². The Labute approximate surface area is 155 Å². The van der Waals surface area contributed by atoms with Crippen LogP contribution in [0.3, 0.4) is 0 Å². The summed E-state index contributed by atoms with van der Waals surface area (Å²) in [4.78, 5) is 38.6. The predicted octanol–water partition coefficient (Wildman–Crippen LogP) is 2.31. The molecule has 0 aliphatic heterocycles. The largest absolute Gasteiger partial charge is 0.476 e. The number of carbonyl (C=O) groups excluding carboxylic acids is 1. The summed E-state index contributed by atoms with van der Waals surface area (Å²) in [6.07, 6.45) is 0. The SMILES string of the molecule is C[C@@H](C(=O)N(C)Cc1ccccc1)n1nc(C(=O)O)c2ccccc2c1=O. The van der Waals surface area contributed by atoms with Gasteiger partial charge in [-0.2, -0.15) is 5.10 Å². The molecule has 0 aliphatic carbocycles. The van der Waals surface area contributed by atoms with Crippen LogP contribution in [0, 0.1) is 0 Å².